The zero-order chi connectivity index (χ0) is 35.1. The van der Waals surface area contributed by atoms with Gasteiger partial charge in [-0.1, -0.05) is 152 Å². The Morgan fingerprint density at radius 1 is 0.491 bits per heavy atom. The fourth-order valence-corrected chi connectivity index (χ4v) is 7.55. The molecule has 5 heteroatoms. The Morgan fingerprint density at radius 2 is 1.08 bits per heavy atom. The normalized spacial score (nSPS) is 14.2. The second-order valence-corrected chi connectivity index (χ2v) is 13.3. The minimum Gasteiger partial charge on any atom is -0.359 e. The number of aliphatic imine (C=N–C) groups is 1. The zero-order valence-electron chi connectivity index (χ0n) is 28.8. The lowest BCUT2D eigenvalue weighted by Crippen LogP contribution is -2.31. The lowest BCUT2D eigenvalue weighted by Gasteiger charge is -2.24. The number of amidine groups is 1. The van der Waals surface area contributed by atoms with E-state index in [4.69, 9.17) is 9.98 Å². The van der Waals surface area contributed by atoms with E-state index in [2.05, 4.69) is 173 Å². The first-order chi connectivity index (χ1) is 26.3. The van der Waals surface area contributed by atoms with Crippen molar-refractivity contribution in [3.05, 3.63) is 205 Å². The highest BCUT2D eigenvalue weighted by molar-refractivity contribution is 6.24. The Labute approximate surface area is 307 Å². The second-order valence-electron chi connectivity index (χ2n) is 13.3. The SMILES string of the molecule is C1=C(c2ccc(-c3ccc(-c4nc5c6cnccc6c6ccccc6c5n4-c4ccccc4)cc3)cc2)N=C(c2ccccc2)NC1c1ccccc1. The summed E-state index contributed by atoms with van der Waals surface area (Å²) < 4.78 is 2.30. The molecule has 0 aliphatic carbocycles. The fraction of sp³-hybridized carbons (Fsp3) is 0.0208. The Hall–Kier alpha value is -7.11. The number of hydrogen-bond acceptors (Lipinski definition) is 4. The van der Waals surface area contributed by atoms with Crippen LogP contribution in [0.2, 0.25) is 0 Å². The van der Waals surface area contributed by atoms with Gasteiger partial charge in [-0.15, -0.1) is 0 Å². The molecule has 7 aromatic carbocycles. The van der Waals surface area contributed by atoms with Gasteiger partial charge in [0, 0.05) is 40.0 Å². The van der Waals surface area contributed by atoms with Gasteiger partial charge >= 0.3 is 0 Å². The van der Waals surface area contributed by atoms with Crippen LogP contribution >= 0.6 is 0 Å². The van der Waals surface area contributed by atoms with Gasteiger partial charge in [0.2, 0.25) is 0 Å². The number of para-hydroxylation sites is 1. The Balaban J connectivity index is 1.03. The quantitative estimate of drug-likeness (QED) is 0.178. The number of benzene rings is 7. The van der Waals surface area contributed by atoms with Crippen LogP contribution in [0.5, 0.6) is 0 Å². The molecule has 9 aromatic rings. The molecule has 1 aliphatic heterocycles. The summed E-state index contributed by atoms with van der Waals surface area (Å²) in [6.07, 6.45) is 6.02. The van der Waals surface area contributed by atoms with Crippen molar-refractivity contribution in [1.82, 2.24) is 19.9 Å². The third kappa shape index (κ3) is 5.47. The van der Waals surface area contributed by atoms with E-state index in [1.165, 1.54) is 16.3 Å². The summed E-state index contributed by atoms with van der Waals surface area (Å²) in [5, 5.41) is 8.21. The van der Waals surface area contributed by atoms with Crippen LogP contribution in [0.3, 0.4) is 0 Å². The third-order valence-corrected chi connectivity index (χ3v) is 10.2. The molecule has 1 N–H and O–H groups in total. The average molecular weight is 680 g/mol. The number of aromatic nitrogens is 3. The Kier molecular flexibility index (Phi) is 7.47. The summed E-state index contributed by atoms with van der Waals surface area (Å²) in [5.74, 6) is 1.77. The average Bonchev–Trinajstić information content (AvgIpc) is 3.66. The minimum atomic E-state index is 0.0125. The maximum Gasteiger partial charge on any atom is 0.145 e. The molecule has 3 heterocycles. The summed E-state index contributed by atoms with van der Waals surface area (Å²) in [6.45, 7) is 0. The summed E-state index contributed by atoms with van der Waals surface area (Å²) in [7, 11) is 0. The predicted molar refractivity (Wildman–Crippen MR) is 218 cm³/mol. The number of imidazole rings is 1. The van der Waals surface area contributed by atoms with Gasteiger partial charge < -0.3 is 5.32 Å². The molecule has 0 fully saturated rings. The van der Waals surface area contributed by atoms with Crippen LogP contribution in [0.25, 0.3) is 66.5 Å². The highest BCUT2D eigenvalue weighted by Gasteiger charge is 2.21. The van der Waals surface area contributed by atoms with Crippen LogP contribution in [-0.2, 0) is 0 Å². The molecular weight excluding hydrogens is 647 g/mol. The van der Waals surface area contributed by atoms with Crippen molar-refractivity contribution in [2.24, 2.45) is 4.99 Å². The Bertz CT molecular complexity index is 2820. The lowest BCUT2D eigenvalue weighted by atomic mass is 9.98. The molecule has 53 heavy (non-hydrogen) atoms. The minimum absolute atomic E-state index is 0.0125. The van der Waals surface area contributed by atoms with E-state index in [0.29, 0.717) is 0 Å². The molecule has 0 radical (unpaired) electrons. The molecule has 1 atom stereocenters. The van der Waals surface area contributed by atoms with Crippen molar-refractivity contribution in [2.45, 2.75) is 6.04 Å². The van der Waals surface area contributed by atoms with E-state index < -0.39 is 0 Å². The van der Waals surface area contributed by atoms with Gasteiger partial charge in [0.05, 0.1) is 22.8 Å². The molecular formula is C48H33N5. The molecule has 250 valence electrons. The van der Waals surface area contributed by atoms with Crippen molar-refractivity contribution in [2.75, 3.05) is 0 Å². The molecule has 0 saturated heterocycles. The van der Waals surface area contributed by atoms with Crippen molar-refractivity contribution in [3.8, 4) is 28.2 Å². The maximum absolute atomic E-state index is 5.36. The van der Waals surface area contributed by atoms with E-state index in [1.54, 1.807) is 0 Å². The van der Waals surface area contributed by atoms with E-state index in [0.717, 1.165) is 72.7 Å². The van der Waals surface area contributed by atoms with Crippen LogP contribution in [-0.4, -0.2) is 20.4 Å². The monoisotopic (exact) mass is 679 g/mol. The Morgan fingerprint density at radius 3 is 1.79 bits per heavy atom. The summed E-state index contributed by atoms with van der Waals surface area (Å²) >= 11 is 0. The number of rotatable bonds is 6. The zero-order valence-corrected chi connectivity index (χ0v) is 28.8. The standard InChI is InChI=1S/C48H33N5/c1-4-12-34(13-5-1)43-30-44(51-47(50-43)36-14-6-2-7-15-36)35-24-20-32(21-25-35)33-22-26-37(27-23-33)48-52-45-42-31-49-29-28-40(42)39-18-10-11-19-41(39)46(45)53(48)38-16-8-3-9-17-38/h1-31,43H,(H,50,51). The smallest absolute Gasteiger partial charge is 0.145 e. The molecule has 0 bridgehead atoms. The topological polar surface area (TPSA) is 55.1 Å². The molecule has 10 rings (SSSR count). The molecule has 5 nitrogen and oxygen atoms in total. The van der Waals surface area contributed by atoms with E-state index in [1.807, 2.05) is 30.6 Å². The first-order valence-electron chi connectivity index (χ1n) is 17.9. The molecule has 1 aliphatic rings. The summed E-state index contributed by atoms with van der Waals surface area (Å²) in [5.41, 5.74) is 10.7. The number of nitrogens with one attached hydrogen (secondary N) is 1. The molecule has 0 spiro atoms. The van der Waals surface area contributed by atoms with Gasteiger partial charge in [-0.05, 0) is 57.3 Å². The highest BCUT2D eigenvalue weighted by Crippen LogP contribution is 2.39. The first kappa shape index (κ1) is 30.7. The maximum atomic E-state index is 5.36. The molecule has 1 unspecified atom stereocenters. The number of hydrogen-bond donors (Lipinski definition) is 1. The highest BCUT2D eigenvalue weighted by atomic mass is 15.1. The number of nitrogens with zero attached hydrogens (tertiary/aromatic N) is 4. The van der Waals surface area contributed by atoms with Crippen LogP contribution in [0.15, 0.2) is 193 Å². The van der Waals surface area contributed by atoms with Gasteiger partial charge in [0.25, 0.3) is 0 Å². The second kappa shape index (κ2) is 12.9. The first-order valence-corrected chi connectivity index (χ1v) is 17.9. The molecule has 2 aromatic heterocycles. The van der Waals surface area contributed by atoms with Gasteiger partial charge in [0.15, 0.2) is 0 Å². The van der Waals surface area contributed by atoms with Crippen LogP contribution in [0.1, 0.15) is 22.7 Å². The largest absolute Gasteiger partial charge is 0.359 e. The lowest BCUT2D eigenvalue weighted by molar-refractivity contribution is 0.781. The van der Waals surface area contributed by atoms with Gasteiger partial charge in [-0.3, -0.25) is 9.55 Å². The van der Waals surface area contributed by atoms with E-state index >= 15 is 0 Å². The number of fused-ring (bicyclic) bond motifs is 6. The van der Waals surface area contributed by atoms with E-state index in [9.17, 15) is 0 Å². The summed E-state index contributed by atoms with van der Waals surface area (Å²) in [4.78, 5) is 15.0. The van der Waals surface area contributed by atoms with Crippen LogP contribution in [0, 0.1) is 0 Å². The van der Waals surface area contributed by atoms with Gasteiger partial charge in [0.1, 0.15) is 11.7 Å². The third-order valence-electron chi connectivity index (χ3n) is 10.2. The van der Waals surface area contributed by atoms with Crippen molar-refractivity contribution < 1.29 is 0 Å². The van der Waals surface area contributed by atoms with Crippen molar-refractivity contribution in [3.63, 3.8) is 0 Å². The number of pyridine rings is 1. The molecule has 0 saturated carbocycles. The van der Waals surface area contributed by atoms with Crippen LogP contribution < -0.4 is 5.32 Å². The van der Waals surface area contributed by atoms with Gasteiger partial charge in [-0.25, -0.2) is 9.98 Å². The predicted octanol–water partition coefficient (Wildman–Crippen LogP) is 11.2. The fourth-order valence-electron chi connectivity index (χ4n) is 7.55. The van der Waals surface area contributed by atoms with Gasteiger partial charge in [-0.2, -0.15) is 0 Å². The van der Waals surface area contributed by atoms with Crippen LogP contribution in [0.4, 0.5) is 0 Å². The van der Waals surface area contributed by atoms with Crippen molar-refractivity contribution in [1.29, 1.82) is 0 Å². The van der Waals surface area contributed by atoms with E-state index in [-0.39, 0.29) is 6.04 Å². The van der Waals surface area contributed by atoms with Crippen molar-refractivity contribution >= 4 is 44.1 Å². The summed E-state index contributed by atoms with van der Waals surface area (Å²) in [6, 6.07) is 59.5. The molecule has 0 amide bonds.